The molecule has 0 radical (unpaired) electrons. The third kappa shape index (κ3) is 3.03. The Morgan fingerprint density at radius 3 is 2.81 bits per heavy atom. The molecule has 0 heterocycles. The lowest BCUT2D eigenvalue weighted by Crippen LogP contribution is -2.40. The summed E-state index contributed by atoms with van der Waals surface area (Å²) in [5.41, 5.74) is 0.754. The van der Waals surface area contributed by atoms with Crippen LogP contribution in [0.3, 0.4) is 0 Å². The van der Waals surface area contributed by atoms with Crippen molar-refractivity contribution in [3.8, 4) is 0 Å². The molecule has 1 aromatic rings. The van der Waals surface area contributed by atoms with Gasteiger partial charge in [0.05, 0.1) is 11.7 Å². The van der Waals surface area contributed by atoms with Gasteiger partial charge in [-0.1, -0.05) is 37.3 Å². The minimum Gasteiger partial charge on any atom is -0.459 e. The number of benzene rings is 1. The van der Waals surface area contributed by atoms with E-state index < -0.39 is 0 Å². The fourth-order valence-electron chi connectivity index (χ4n) is 3.57. The molecule has 1 aromatic carbocycles. The number of fused-ring (bicyclic) bond motifs is 1. The molecule has 3 heteroatoms. The van der Waals surface area contributed by atoms with Crippen molar-refractivity contribution < 1.29 is 14.6 Å². The smallest absolute Gasteiger partial charge is 0.338 e. The first-order valence-electron chi connectivity index (χ1n) is 7.70. The Labute approximate surface area is 125 Å². The molecule has 0 aromatic heterocycles. The molecule has 0 saturated heterocycles. The van der Waals surface area contributed by atoms with Crippen LogP contribution in [0.2, 0.25) is 0 Å². The van der Waals surface area contributed by atoms with E-state index in [9.17, 15) is 9.90 Å². The first-order valence-corrected chi connectivity index (χ1v) is 7.70. The third-order valence-corrected chi connectivity index (χ3v) is 4.99. The maximum Gasteiger partial charge on any atom is 0.338 e. The van der Waals surface area contributed by atoms with Gasteiger partial charge in [0, 0.05) is 0 Å². The average Bonchev–Trinajstić information content (AvgIpc) is 2.49. The Balaban J connectivity index is 1.64. The summed E-state index contributed by atoms with van der Waals surface area (Å²) in [6.45, 7) is 2.25. The first kappa shape index (κ1) is 14.3. The highest BCUT2D eigenvalue weighted by Gasteiger charge is 2.42. The maximum atomic E-state index is 12.1. The zero-order valence-corrected chi connectivity index (χ0v) is 12.4. The number of aliphatic hydroxyl groups excluding tert-OH is 1. The van der Waals surface area contributed by atoms with Gasteiger partial charge < -0.3 is 9.84 Å². The molecule has 21 heavy (non-hydrogen) atoms. The van der Waals surface area contributed by atoms with E-state index in [-0.39, 0.29) is 23.6 Å². The van der Waals surface area contributed by atoms with Gasteiger partial charge in [-0.2, -0.15) is 0 Å². The molecule has 112 valence electrons. The van der Waals surface area contributed by atoms with E-state index in [1.807, 2.05) is 24.3 Å². The van der Waals surface area contributed by atoms with Gasteiger partial charge in [-0.15, -0.1) is 0 Å². The first-order chi connectivity index (χ1) is 10.1. The van der Waals surface area contributed by atoms with Crippen molar-refractivity contribution in [2.45, 2.75) is 44.8 Å². The fraction of sp³-hybridized carbons (Fsp3) is 0.500. The van der Waals surface area contributed by atoms with Gasteiger partial charge in [0.15, 0.2) is 0 Å². The third-order valence-electron chi connectivity index (χ3n) is 4.99. The molecule has 3 nitrogen and oxygen atoms in total. The van der Waals surface area contributed by atoms with Crippen molar-refractivity contribution in [3.05, 3.63) is 48.0 Å². The highest BCUT2D eigenvalue weighted by molar-refractivity contribution is 5.89. The normalized spacial score (nSPS) is 35.0. The number of allylic oxidation sites excluding steroid dienone is 1. The number of ether oxygens (including phenoxy) is 1. The molecule has 4 atom stereocenters. The lowest BCUT2D eigenvalue weighted by Gasteiger charge is -2.45. The summed E-state index contributed by atoms with van der Waals surface area (Å²) in [4.78, 5) is 12.1. The number of esters is 1. The molecule has 1 saturated carbocycles. The number of carbonyl (C=O) groups is 1. The molecule has 0 unspecified atom stereocenters. The van der Waals surface area contributed by atoms with E-state index in [4.69, 9.17) is 4.74 Å². The van der Waals surface area contributed by atoms with Gasteiger partial charge in [0.2, 0.25) is 0 Å². The van der Waals surface area contributed by atoms with Gasteiger partial charge in [-0.05, 0) is 49.1 Å². The van der Waals surface area contributed by atoms with Crippen LogP contribution >= 0.6 is 0 Å². The Bertz CT molecular complexity index is 537. The Hall–Kier alpha value is -1.61. The molecule has 2 aliphatic carbocycles. The van der Waals surface area contributed by atoms with Crippen molar-refractivity contribution >= 4 is 5.97 Å². The monoisotopic (exact) mass is 286 g/mol. The summed E-state index contributed by atoms with van der Waals surface area (Å²) in [5, 5.41) is 9.81. The second-order valence-electron chi connectivity index (χ2n) is 6.53. The van der Waals surface area contributed by atoms with Gasteiger partial charge in [-0.3, -0.25) is 0 Å². The molecule has 1 fully saturated rings. The van der Waals surface area contributed by atoms with Crippen LogP contribution in [-0.4, -0.2) is 23.3 Å². The fourth-order valence-corrected chi connectivity index (χ4v) is 3.57. The highest BCUT2D eigenvalue weighted by Crippen LogP contribution is 2.47. The van der Waals surface area contributed by atoms with Crippen LogP contribution in [0.4, 0.5) is 0 Å². The van der Waals surface area contributed by atoms with E-state index in [1.54, 1.807) is 12.1 Å². The molecule has 2 aliphatic rings. The molecular formula is C18H22O3. The van der Waals surface area contributed by atoms with Crippen LogP contribution in [0.1, 0.15) is 43.0 Å². The highest BCUT2D eigenvalue weighted by atomic mass is 16.5. The zero-order chi connectivity index (χ0) is 14.9. The van der Waals surface area contributed by atoms with Crippen LogP contribution in [0.15, 0.2) is 42.5 Å². The lowest BCUT2D eigenvalue weighted by atomic mass is 9.62. The Morgan fingerprint density at radius 2 is 2.05 bits per heavy atom. The molecule has 0 amide bonds. The van der Waals surface area contributed by atoms with Crippen molar-refractivity contribution in [1.29, 1.82) is 0 Å². The van der Waals surface area contributed by atoms with Crippen molar-refractivity contribution in [2.75, 3.05) is 0 Å². The van der Waals surface area contributed by atoms with E-state index in [1.165, 1.54) is 0 Å². The Kier molecular flexibility index (Phi) is 3.85. The van der Waals surface area contributed by atoms with Crippen LogP contribution in [0.5, 0.6) is 0 Å². The molecule has 3 rings (SSSR count). The second-order valence-corrected chi connectivity index (χ2v) is 6.53. The summed E-state index contributed by atoms with van der Waals surface area (Å²) in [7, 11) is 0. The quantitative estimate of drug-likeness (QED) is 0.670. The standard InChI is InChI=1S/C18H22O3/c1-18-9-7-15(19)11-14(18)12-16(8-10-18)21-17(20)13-5-3-2-4-6-13/h2-7,9,14-16,19H,8,10-12H2,1H3/t14-,15-,16-,18-/m0/s1. The molecular weight excluding hydrogens is 264 g/mol. The number of hydrogen-bond donors (Lipinski definition) is 1. The zero-order valence-electron chi connectivity index (χ0n) is 12.4. The molecule has 0 bridgehead atoms. The van der Waals surface area contributed by atoms with E-state index in [2.05, 4.69) is 13.0 Å². The summed E-state index contributed by atoms with van der Waals surface area (Å²) in [6, 6.07) is 9.14. The van der Waals surface area contributed by atoms with Crippen molar-refractivity contribution in [3.63, 3.8) is 0 Å². The number of carbonyl (C=O) groups excluding carboxylic acids is 1. The minimum atomic E-state index is -0.355. The lowest BCUT2D eigenvalue weighted by molar-refractivity contribution is -0.0153. The summed E-state index contributed by atoms with van der Waals surface area (Å²) in [6.07, 6.45) is 7.19. The summed E-state index contributed by atoms with van der Waals surface area (Å²) in [5.74, 6) is 0.149. The van der Waals surface area contributed by atoms with E-state index >= 15 is 0 Å². The average molecular weight is 286 g/mol. The predicted molar refractivity (Wildman–Crippen MR) is 80.9 cm³/mol. The molecule has 1 N–H and O–H groups in total. The van der Waals surface area contributed by atoms with Gasteiger partial charge >= 0.3 is 5.97 Å². The number of rotatable bonds is 2. The molecule has 0 spiro atoms. The maximum absolute atomic E-state index is 12.1. The van der Waals surface area contributed by atoms with Gasteiger partial charge in [0.25, 0.3) is 0 Å². The van der Waals surface area contributed by atoms with Crippen LogP contribution in [0, 0.1) is 11.3 Å². The van der Waals surface area contributed by atoms with Crippen LogP contribution in [0.25, 0.3) is 0 Å². The molecule has 0 aliphatic heterocycles. The van der Waals surface area contributed by atoms with Gasteiger partial charge in [-0.25, -0.2) is 4.79 Å². The summed E-state index contributed by atoms with van der Waals surface area (Å²) < 4.78 is 5.66. The number of hydrogen-bond acceptors (Lipinski definition) is 3. The van der Waals surface area contributed by atoms with Crippen molar-refractivity contribution in [1.82, 2.24) is 0 Å². The SMILES string of the molecule is C[C@@]12C=C[C@H](O)C[C@H]1C[C@@H](OC(=O)c1ccccc1)CC2. The van der Waals surface area contributed by atoms with E-state index in [0.29, 0.717) is 11.5 Å². The summed E-state index contributed by atoms with van der Waals surface area (Å²) >= 11 is 0. The topological polar surface area (TPSA) is 46.5 Å². The Morgan fingerprint density at radius 1 is 1.29 bits per heavy atom. The van der Waals surface area contributed by atoms with Crippen molar-refractivity contribution in [2.24, 2.45) is 11.3 Å². The number of aliphatic hydroxyl groups is 1. The largest absolute Gasteiger partial charge is 0.459 e. The van der Waals surface area contributed by atoms with Gasteiger partial charge in [0.1, 0.15) is 6.10 Å². The van der Waals surface area contributed by atoms with Crippen LogP contribution in [-0.2, 0) is 4.74 Å². The predicted octanol–water partition coefficient (Wildman–Crippen LogP) is 3.34. The van der Waals surface area contributed by atoms with E-state index in [0.717, 1.165) is 25.7 Å². The van der Waals surface area contributed by atoms with Crippen LogP contribution < -0.4 is 0 Å². The second kappa shape index (κ2) is 5.64. The minimum absolute atomic E-state index is 0.0329.